The minimum Gasteiger partial charge on any atom is -0.463 e. The van der Waals surface area contributed by atoms with E-state index >= 15 is 0 Å². The van der Waals surface area contributed by atoms with Crippen LogP contribution in [0, 0.1) is 0 Å². The Morgan fingerprint density at radius 2 is 1.50 bits per heavy atom. The minimum atomic E-state index is -2.36. The van der Waals surface area contributed by atoms with Gasteiger partial charge in [-0.15, -0.1) is 0 Å². The second kappa shape index (κ2) is 13.4. The number of ether oxygens (including phenoxy) is 4. The summed E-state index contributed by atoms with van der Waals surface area (Å²) in [6, 6.07) is 18.6. The summed E-state index contributed by atoms with van der Waals surface area (Å²) in [5.74, 6) is -0.434. The topological polar surface area (TPSA) is 112 Å². The minimum absolute atomic E-state index is 0.0552. The number of carbonyl (C=O) groups is 1. The molecule has 38 heavy (non-hydrogen) atoms. The molecule has 0 spiro atoms. The molecule has 1 saturated heterocycles. The summed E-state index contributed by atoms with van der Waals surface area (Å²) in [6.07, 6.45) is -3.03. The number of hydrogen-bond acceptors (Lipinski definition) is 7. The molecule has 0 aromatic heterocycles. The predicted octanol–water partition coefficient (Wildman–Crippen LogP) is 6.15. The van der Waals surface area contributed by atoms with Gasteiger partial charge < -0.3 is 23.4 Å². The van der Waals surface area contributed by atoms with Crippen molar-refractivity contribution in [3.63, 3.8) is 0 Å². The van der Waals surface area contributed by atoms with Crippen molar-refractivity contribution in [3.8, 4) is 0 Å². The van der Waals surface area contributed by atoms with Crippen molar-refractivity contribution in [2.75, 3.05) is 6.61 Å². The third-order valence-electron chi connectivity index (χ3n) is 7.04. The first kappa shape index (κ1) is 29.8. The molecule has 0 aliphatic carbocycles. The molecular formula is C28H39N3O6Si. The van der Waals surface area contributed by atoms with E-state index in [1.54, 1.807) is 0 Å². The summed E-state index contributed by atoms with van der Waals surface area (Å²) in [5, 5.41) is 3.98. The van der Waals surface area contributed by atoms with E-state index in [1.165, 1.54) is 6.92 Å². The van der Waals surface area contributed by atoms with Crippen LogP contribution < -0.4 is 0 Å². The molecule has 1 aliphatic rings. The molecule has 2 aromatic rings. The number of esters is 1. The largest absolute Gasteiger partial charge is 0.463 e. The standard InChI is InChI=1S/C28H39N3O6Si/c1-20(32)33-19-23-25(34-17-21-13-9-7-10-14-21)26(35-18-22-15-11-8-12-16-22)24(30-31-29)27(36-23)37-38(5,6)28(2,3)4/h7-16,23-27H,17-19H2,1-6H3/t23-,24-,25-,26-,27+/m1/s1. The van der Waals surface area contributed by atoms with Crippen LogP contribution in [0.4, 0.5) is 0 Å². The Bertz CT molecular complexity index is 1070. The molecule has 0 amide bonds. The molecule has 0 radical (unpaired) electrons. The molecule has 206 valence electrons. The van der Waals surface area contributed by atoms with E-state index in [1.807, 2.05) is 60.7 Å². The van der Waals surface area contributed by atoms with Gasteiger partial charge in [0.15, 0.2) is 14.6 Å². The van der Waals surface area contributed by atoms with Gasteiger partial charge in [0.2, 0.25) is 0 Å². The van der Waals surface area contributed by atoms with Gasteiger partial charge in [-0.05, 0) is 34.8 Å². The summed E-state index contributed by atoms with van der Waals surface area (Å²) >= 11 is 0. The Labute approximate surface area is 226 Å². The van der Waals surface area contributed by atoms with E-state index in [4.69, 9.17) is 23.4 Å². The highest BCUT2D eigenvalue weighted by atomic mass is 28.4. The van der Waals surface area contributed by atoms with Crippen LogP contribution in [-0.4, -0.2) is 51.5 Å². The number of benzene rings is 2. The van der Waals surface area contributed by atoms with Crippen molar-refractivity contribution in [2.45, 2.75) is 89.7 Å². The average molecular weight is 542 g/mol. The van der Waals surface area contributed by atoms with Crippen molar-refractivity contribution >= 4 is 14.3 Å². The van der Waals surface area contributed by atoms with Crippen molar-refractivity contribution in [1.82, 2.24) is 0 Å². The van der Waals surface area contributed by atoms with Crippen LogP contribution in [0.2, 0.25) is 18.1 Å². The maximum absolute atomic E-state index is 11.7. The lowest BCUT2D eigenvalue weighted by atomic mass is 9.96. The highest BCUT2D eigenvalue weighted by Gasteiger charge is 2.51. The Morgan fingerprint density at radius 3 is 1.97 bits per heavy atom. The lowest BCUT2D eigenvalue weighted by Gasteiger charge is -2.48. The average Bonchev–Trinajstić information content (AvgIpc) is 2.87. The van der Waals surface area contributed by atoms with Gasteiger partial charge in [0, 0.05) is 11.8 Å². The van der Waals surface area contributed by atoms with Crippen molar-refractivity contribution < 1.29 is 28.2 Å². The SMILES string of the molecule is CC(=O)OC[C@H]1O[C@@H](O[Si](C)(C)C(C)(C)C)[C@H](N=[N+]=[N-])[C@@H](OCc2ccccc2)[C@@H]1OCc1ccccc1. The molecule has 0 unspecified atom stereocenters. The molecule has 0 bridgehead atoms. The van der Waals surface area contributed by atoms with Gasteiger partial charge in [-0.3, -0.25) is 4.79 Å². The lowest BCUT2D eigenvalue weighted by molar-refractivity contribution is -0.267. The number of azide groups is 1. The van der Waals surface area contributed by atoms with Crippen LogP contribution in [0.3, 0.4) is 0 Å². The van der Waals surface area contributed by atoms with E-state index in [-0.39, 0.29) is 24.9 Å². The van der Waals surface area contributed by atoms with Crippen molar-refractivity contribution in [3.05, 3.63) is 82.2 Å². The Balaban J connectivity index is 1.98. The molecule has 2 aromatic carbocycles. The molecular weight excluding hydrogens is 502 g/mol. The molecule has 10 heteroatoms. The Kier molecular flexibility index (Phi) is 10.5. The zero-order chi connectivity index (χ0) is 27.8. The monoisotopic (exact) mass is 541 g/mol. The van der Waals surface area contributed by atoms with Crippen LogP contribution in [0.1, 0.15) is 38.8 Å². The van der Waals surface area contributed by atoms with Crippen LogP contribution in [0.5, 0.6) is 0 Å². The molecule has 5 atom stereocenters. The number of rotatable bonds is 11. The maximum Gasteiger partial charge on any atom is 0.302 e. The van der Waals surface area contributed by atoms with Crippen LogP contribution >= 0.6 is 0 Å². The predicted molar refractivity (Wildman–Crippen MR) is 147 cm³/mol. The van der Waals surface area contributed by atoms with Crippen LogP contribution in [0.25, 0.3) is 10.4 Å². The van der Waals surface area contributed by atoms with E-state index in [0.717, 1.165) is 11.1 Å². The summed E-state index contributed by atoms with van der Waals surface area (Å²) < 4.78 is 31.2. The van der Waals surface area contributed by atoms with E-state index in [0.29, 0.717) is 0 Å². The van der Waals surface area contributed by atoms with E-state index < -0.39 is 44.9 Å². The number of carbonyl (C=O) groups excluding carboxylic acids is 1. The third-order valence-corrected chi connectivity index (χ3v) is 11.5. The summed E-state index contributed by atoms with van der Waals surface area (Å²) in [6.45, 7) is 12.4. The fourth-order valence-electron chi connectivity index (χ4n) is 3.90. The fourth-order valence-corrected chi connectivity index (χ4v) is 5.03. The molecule has 3 rings (SSSR count). The van der Waals surface area contributed by atoms with Gasteiger partial charge in [0.1, 0.15) is 31.0 Å². The second-order valence-electron chi connectivity index (χ2n) is 10.9. The van der Waals surface area contributed by atoms with Crippen LogP contribution in [0.15, 0.2) is 65.8 Å². The molecule has 1 fully saturated rings. The number of nitrogens with zero attached hydrogens (tertiary/aromatic N) is 3. The fraction of sp³-hybridized carbons (Fsp3) is 0.536. The smallest absolute Gasteiger partial charge is 0.302 e. The highest BCUT2D eigenvalue weighted by molar-refractivity contribution is 6.74. The molecule has 0 N–H and O–H groups in total. The summed E-state index contributed by atoms with van der Waals surface area (Å²) in [7, 11) is -2.36. The maximum atomic E-state index is 11.7. The van der Waals surface area contributed by atoms with Gasteiger partial charge in [0.05, 0.1) is 13.2 Å². The Hall–Kier alpha value is -2.72. The van der Waals surface area contributed by atoms with Gasteiger partial charge >= 0.3 is 5.97 Å². The van der Waals surface area contributed by atoms with Crippen LogP contribution in [-0.2, 0) is 41.4 Å². The summed E-state index contributed by atoms with van der Waals surface area (Å²) in [5.41, 5.74) is 11.4. The highest BCUT2D eigenvalue weighted by Crippen LogP contribution is 2.40. The second-order valence-corrected chi connectivity index (χ2v) is 15.7. The van der Waals surface area contributed by atoms with E-state index in [9.17, 15) is 10.3 Å². The quantitative estimate of drug-likeness (QED) is 0.111. The number of hydrogen-bond donors (Lipinski definition) is 0. The van der Waals surface area contributed by atoms with Crippen molar-refractivity contribution in [2.24, 2.45) is 5.11 Å². The molecule has 1 heterocycles. The first-order valence-corrected chi connectivity index (χ1v) is 15.7. The first-order valence-electron chi connectivity index (χ1n) is 12.8. The zero-order valence-corrected chi connectivity index (χ0v) is 24.1. The lowest BCUT2D eigenvalue weighted by Crippen LogP contribution is -2.62. The third kappa shape index (κ3) is 8.14. The molecule has 0 saturated carbocycles. The van der Waals surface area contributed by atoms with Crippen molar-refractivity contribution in [1.29, 1.82) is 0 Å². The first-order chi connectivity index (χ1) is 18.0. The van der Waals surface area contributed by atoms with Gasteiger partial charge in [-0.1, -0.05) is 86.5 Å². The zero-order valence-electron chi connectivity index (χ0n) is 23.1. The van der Waals surface area contributed by atoms with Gasteiger partial charge in [-0.25, -0.2) is 0 Å². The van der Waals surface area contributed by atoms with Gasteiger partial charge in [0.25, 0.3) is 0 Å². The normalized spacial score (nSPS) is 23.9. The molecule has 9 nitrogen and oxygen atoms in total. The van der Waals surface area contributed by atoms with E-state index in [2.05, 4.69) is 43.9 Å². The Morgan fingerprint density at radius 1 is 0.974 bits per heavy atom. The molecule has 1 aliphatic heterocycles. The summed E-state index contributed by atoms with van der Waals surface area (Å²) in [4.78, 5) is 14.9. The van der Waals surface area contributed by atoms with Gasteiger partial charge in [-0.2, -0.15) is 0 Å².